The first-order valence-electron chi connectivity index (χ1n) is 8.62. The van der Waals surface area contributed by atoms with Gasteiger partial charge in [0, 0.05) is 10.9 Å². The minimum Gasteiger partial charge on any atom is -0.497 e. The molecular formula is C20H17N3O5. The molecule has 28 heavy (non-hydrogen) atoms. The lowest BCUT2D eigenvalue weighted by Gasteiger charge is -2.02. The molecule has 0 aliphatic rings. The van der Waals surface area contributed by atoms with Crippen molar-refractivity contribution in [1.29, 1.82) is 0 Å². The van der Waals surface area contributed by atoms with E-state index in [2.05, 4.69) is 15.5 Å². The second kappa shape index (κ2) is 7.43. The molecule has 0 aliphatic carbocycles. The van der Waals surface area contributed by atoms with Gasteiger partial charge in [-0.3, -0.25) is 10.1 Å². The first-order valence-corrected chi connectivity index (χ1v) is 8.62. The fraction of sp³-hybridized carbons (Fsp3) is 0.150. The summed E-state index contributed by atoms with van der Waals surface area (Å²) in [5, 5.41) is 11.1. The number of fused-ring (bicyclic) bond motifs is 1. The highest BCUT2D eigenvalue weighted by molar-refractivity contribution is 6.04. The normalized spacial score (nSPS) is 10.8. The number of hydrogen-bond acceptors (Lipinski definition) is 7. The first kappa shape index (κ1) is 17.6. The molecule has 8 heteroatoms. The molecule has 0 saturated heterocycles. The van der Waals surface area contributed by atoms with E-state index in [1.165, 1.54) is 0 Å². The Hall–Kier alpha value is -3.81. The lowest BCUT2D eigenvalue weighted by atomic mass is 10.2. The van der Waals surface area contributed by atoms with E-state index in [0.717, 1.165) is 5.39 Å². The Morgan fingerprint density at radius 1 is 1.11 bits per heavy atom. The zero-order chi connectivity index (χ0) is 19.5. The topological polar surface area (TPSA) is 99.6 Å². The van der Waals surface area contributed by atoms with Gasteiger partial charge >= 0.3 is 6.01 Å². The summed E-state index contributed by atoms with van der Waals surface area (Å²) in [7, 11) is 1.59. The van der Waals surface area contributed by atoms with Gasteiger partial charge in [0.2, 0.25) is 5.89 Å². The van der Waals surface area contributed by atoms with Crippen LogP contribution in [0.3, 0.4) is 0 Å². The number of nitrogens with zero attached hydrogens (tertiary/aromatic N) is 2. The molecule has 0 bridgehead atoms. The van der Waals surface area contributed by atoms with Gasteiger partial charge in [-0.15, -0.1) is 5.10 Å². The van der Waals surface area contributed by atoms with Crippen LogP contribution in [0, 0.1) is 0 Å². The number of benzene rings is 2. The number of anilines is 1. The minimum atomic E-state index is -0.497. The quantitative estimate of drug-likeness (QED) is 0.537. The zero-order valence-corrected chi connectivity index (χ0v) is 15.3. The molecule has 1 amide bonds. The van der Waals surface area contributed by atoms with Crippen molar-refractivity contribution < 1.29 is 23.1 Å². The van der Waals surface area contributed by atoms with Gasteiger partial charge in [0.15, 0.2) is 17.1 Å². The summed E-state index contributed by atoms with van der Waals surface area (Å²) in [4.78, 5) is 12.5. The van der Waals surface area contributed by atoms with Gasteiger partial charge in [-0.2, -0.15) is 0 Å². The average molecular weight is 379 g/mol. The van der Waals surface area contributed by atoms with Gasteiger partial charge in [-0.25, -0.2) is 0 Å². The van der Waals surface area contributed by atoms with Crippen molar-refractivity contribution >= 4 is 22.9 Å². The number of rotatable bonds is 6. The largest absolute Gasteiger partial charge is 0.497 e. The van der Waals surface area contributed by atoms with E-state index < -0.39 is 5.91 Å². The van der Waals surface area contributed by atoms with Crippen LogP contribution in [-0.2, 0) is 0 Å². The monoisotopic (exact) mass is 379 g/mol. The average Bonchev–Trinajstić information content (AvgIpc) is 3.36. The fourth-order valence-corrected chi connectivity index (χ4v) is 2.70. The van der Waals surface area contributed by atoms with E-state index in [1.54, 1.807) is 43.5 Å². The summed E-state index contributed by atoms with van der Waals surface area (Å²) in [6.07, 6.45) is 0. The molecule has 0 fully saturated rings. The lowest BCUT2D eigenvalue weighted by Crippen LogP contribution is -2.10. The molecule has 0 spiro atoms. The van der Waals surface area contributed by atoms with E-state index in [1.807, 2.05) is 19.1 Å². The predicted molar refractivity (Wildman–Crippen MR) is 102 cm³/mol. The van der Waals surface area contributed by atoms with Crippen molar-refractivity contribution in [2.75, 3.05) is 19.0 Å². The molecule has 0 unspecified atom stereocenters. The number of para-hydroxylation sites is 1. The number of amides is 1. The minimum absolute atomic E-state index is 0.0266. The Balaban J connectivity index is 1.53. The Morgan fingerprint density at radius 2 is 1.93 bits per heavy atom. The summed E-state index contributed by atoms with van der Waals surface area (Å²) in [5.74, 6) is 1.20. The number of aromatic nitrogens is 2. The van der Waals surface area contributed by atoms with Gasteiger partial charge in [-0.1, -0.05) is 17.2 Å². The Kier molecular flexibility index (Phi) is 4.67. The second-order valence-electron chi connectivity index (χ2n) is 5.81. The highest BCUT2D eigenvalue weighted by atomic mass is 16.5. The van der Waals surface area contributed by atoms with Gasteiger partial charge in [-0.05, 0) is 43.3 Å². The molecule has 1 N–H and O–H groups in total. The van der Waals surface area contributed by atoms with Crippen LogP contribution in [0.1, 0.15) is 17.5 Å². The third-order valence-electron chi connectivity index (χ3n) is 4.01. The first-order chi connectivity index (χ1) is 13.7. The number of hydrogen-bond donors (Lipinski definition) is 1. The summed E-state index contributed by atoms with van der Waals surface area (Å²) in [5.41, 5.74) is 1.22. The Bertz CT molecular complexity index is 1110. The van der Waals surface area contributed by atoms with E-state index >= 15 is 0 Å². The molecule has 0 saturated carbocycles. The number of methoxy groups -OCH3 is 1. The molecule has 4 rings (SSSR count). The number of carbonyl (C=O) groups excluding carboxylic acids is 1. The van der Waals surface area contributed by atoms with E-state index in [0.29, 0.717) is 29.3 Å². The smallest absolute Gasteiger partial charge is 0.322 e. The molecule has 4 aromatic rings. The third-order valence-corrected chi connectivity index (χ3v) is 4.01. The third kappa shape index (κ3) is 3.39. The maximum atomic E-state index is 12.5. The van der Waals surface area contributed by atoms with E-state index in [9.17, 15) is 4.79 Å². The molecule has 2 aromatic carbocycles. The van der Waals surface area contributed by atoms with Gasteiger partial charge in [0.05, 0.1) is 13.7 Å². The van der Waals surface area contributed by atoms with E-state index in [4.69, 9.17) is 18.3 Å². The number of nitrogens with one attached hydrogen (secondary N) is 1. The fourth-order valence-electron chi connectivity index (χ4n) is 2.70. The highest BCUT2D eigenvalue weighted by Gasteiger charge is 2.18. The highest BCUT2D eigenvalue weighted by Crippen LogP contribution is 2.29. The summed E-state index contributed by atoms with van der Waals surface area (Å²) in [6.45, 7) is 2.38. The van der Waals surface area contributed by atoms with Crippen molar-refractivity contribution in [3.8, 4) is 23.0 Å². The van der Waals surface area contributed by atoms with Crippen LogP contribution in [0.4, 0.5) is 6.01 Å². The Morgan fingerprint density at radius 3 is 2.68 bits per heavy atom. The SMILES string of the molecule is CCOc1cccc2cc(C(=O)Nc3nnc(-c4ccc(OC)cc4)o3)oc12. The molecule has 2 aromatic heterocycles. The summed E-state index contributed by atoms with van der Waals surface area (Å²) in [6, 6.07) is 14.2. The maximum Gasteiger partial charge on any atom is 0.322 e. The molecular weight excluding hydrogens is 362 g/mol. The number of furan rings is 1. The van der Waals surface area contributed by atoms with Crippen molar-refractivity contribution in [1.82, 2.24) is 10.2 Å². The number of ether oxygens (including phenoxy) is 2. The van der Waals surface area contributed by atoms with Gasteiger partial charge in [0.1, 0.15) is 5.75 Å². The maximum absolute atomic E-state index is 12.5. The van der Waals surface area contributed by atoms with Crippen LogP contribution >= 0.6 is 0 Å². The second-order valence-corrected chi connectivity index (χ2v) is 5.81. The van der Waals surface area contributed by atoms with Crippen molar-refractivity contribution in [2.45, 2.75) is 6.92 Å². The lowest BCUT2D eigenvalue weighted by molar-refractivity contribution is 0.0995. The molecule has 8 nitrogen and oxygen atoms in total. The van der Waals surface area contributed by atoms with Crippen molar-refractivity contribution in [2.24, 2.45) is 0 Å². The van der Waals surface area contributed by atoms with Crippen molar-refractivity contribution in [3.05, 3.63) is 54.3 Å². The van der Waals surface area contributed by atoms with Crippen LogP contribution in [-0.4, -0.2) is 29.8 Å². The molecule has 0 radical (unpaired) electrons. The van der Waals surface area contributed by atoms with Crippen LogP contribution in [0.15, 0.2) is 57.4 Å². The predicted octanol–water partition coefficient (Wildman–Crippen LogP) is 4.14. The molecule has 142 valence electrons. The van der Waals surface area contributed by atoms with Gasteiger partial charge < -0.3 is 18.3 Å². The van der Waals surface area contributed by atoms with Crippen LogP contribution < -0.4 is 14.8 Å². The molecule has 0 aliphatic heterocycles. The van der Waals surface area contributed by atoms with Crippen LogP contribution in [0.25, 0.3) is 22.4 Å². The standard InChI is InChI=1S/C20H17N3O5/c1-3-26-15-6-4-5-13-11-16(27-17(13)15)18(24)21-20-23-22-19(28-20)12-7-9-14(25-2)10-8-12/h4-11H,3H2,1-2H3,(H,21,23,24). The molecule has 2 heterocycles. The molecule has 0 atom stereocenters. The van der Waals surface area contributed by atoms with Gasteiger partial charge in [0.25, 0.3) is 5.91 Å². The van der Waals surface area contributed by atoms with Crippen LogP contribution in [0.2, 0.25) is 0 Å². The van der Waals surface area contributed by atoms with Crippen LogP contribution in [0.5, 0.6) is 11.5 Å². The summed E-state index contributed by atoms with van der Waals surface area (Å²) < 4.78 is 21.8. The Labute approximate surface area is 160 Å². The number of carbonyl (C=O) groups is 1. The van der Waals surface area contributed by atoms with E-state index in [-0.39, 0.29) is 17.7 Å². The zero-order valence-electron chi connectivity index (χ0n) is 15.3. The summed E-state index contributed by atoms with van der Waals surface area (Å²) >= 11 is 0. The van der Waals surface area contributed by atoms with Crippen molar-refractivity contribution in [3.63, 3.8) is 0 Å².